The molecule has 1 aromatic heterocycles. The second-order valence-corrected chi connectivity index (χ2v) is 7.91. The van der Waals surface area contributed by atoms with Crippen molar-refractivity contribution in [1.82, 2.24) is 25.2 Å². The van der Waals surface area contributed by atoms with Gasteiger partial charge in [-0.2, -0.15) is 0 Å². The van der Waals surface area contributed by atoms with Crippen LogP contribution in [0.2, 0.25) is 0 Å². The van der Waals surface area contributed by atoms with Gasteiger partial charge in [-0.25, -0.2) is 4.68 Å². The van der Waals surface area contributed by atoms with E-state index in [0.29, 0.717) is 17.8 Å². The fraction of sp³-hybridized carbons (Fsp3) is 0.550. The third-order valence-corrected chi connectivity index (χ3v) is 5.98. The topological polar surface area (TPSA) is 72.3 Å². The molecule has 5 rings (SSSR count). The van der Waals surface area contributed by atoms with Gasteiger partial charge in [-0.1, -0.05) is 11.3 Å². The molecule has 1 saturated carbocycles. The lowest BCUT2D eigenvalue weighted by molar-refractivity contribution is 0.0573. The Kier molecular flexibility index (Phi) is 4.11. The Morgan fingerprint density at radius 1 is 1.26 bits per heavy atom. The van der Waals surface area contributed by atoms with Gasteiger partial charge in [-0.15, -0.1) is 5.10 Å². The number of carbonyl (C=O) groups is 1. The number of fused-ring (bicyclic) bond motifs is 1. The molecule has 1 atom stereocenters. The molecule has 7 nitrogen and oxygen atoms in total. The van der Waals surface area contributed by atoms with Gasteiger partial charge in [0.2, 0.25) is 0 Å². The van der Waals surface area contributed by atoms with Crippen LogP contribution < -0.4 is 10.1 Å². The molecule has 2 fully saturated rings. The summed E-state index contributed by atoms with van der Waals surface area (Å²) in [6, 6.07) is 7.52. The summed E-state index contributed by atoms with van der Waals surface area (Å²) >= 11 is 0. The van der Waals surface area contributed by atoms with Crippen molar-refractivity contribution in [2.75, 3.05) is 20.2 Å². The maximum absolute atomic E-state index is 12.4. The highest BCUT2D eigenvalue weighted by Gasteiger charge is 2.36. The summed E-state index contributed by atoms with van der Waals surface area (Å²) in [5.41, 5.74) is 3.24. The summed E-state index contributed by atoms with van der Waals surface area (Å²) < 4.78 is 7.18. The highest BCUT2D eigenvalue weighted by atomic mass is 16.5. The fourth-order valence-corrected chi connectivity index (χ4v) is 4.29. The minimum absolute atomic E-state index is 0.111. The Bertz CT molecular complexity index is 854. The molecule has 0 spiro atoms. The van der Waals surface area contributed by atoms with Crippen LogP contribution in [0.1, 0.15) is 59.4 Å². The van der Waals surface area contributed by atoms with Crippen LogP contribution in [0.3, 0.4) is 0 Å². The van der Waals surface area contributed by atoms with E-state index < -0.39 is 0 Å². The van der Waals surface area contributed by atoms with E-state index in [9.17, 15) is 4.79 Å². The van der Waals surface area contributed by atoms with E-state index in [1.54, 1.807) is 13.3 Å². The molecule has 2 aromatic rings. The van der Waals surface area contributed by atoms with Crippen molar-refractivity contribution in [3.63, 3.8) is 0 Å². The van der Waals surface area contributed by atoms with Crippen molar-refractivity contribution in [2.24, 2.45) is 0 Å². The Morgan fingerprint density at radius 3 is 2.89 bits per heavy atom. The van der Waals surface area contributed by atoms with E-state index in [1.165, 1.54) is 24.0 Å². The summed E-state index contributed by atoms with van der Waals surface area (Å²) in [4.78, 5) is 14.9. The number of nitrogens with one attached hydrogen (secondary N) is 1. The molecule has 27 heavy (non-hydrogen) atoms. The number of hydrogen-bond donors (Lipinski definition) is 1. The number of rotatable bonds is 5. The Morgan fingerprint density at radius 2 is 2.11 bits per heavy atom. The first-order valence-electron chi connectivity index (χ1n) is 9.85. The van der Waals surface area contributed by atoms with Gasteiger partial charge in [-0.05, 0) is 55.4 Å². The molecule has 0 radical (unpaired) electrons. The Balaban J connectivity index is 1.19. The summed E-state index contributed by atoms with van der Waals surface area (Å²) in [6.07, 6.45) is 7.54. The predicted molar refractivity (Wildman–Crippen MR) is 99.8 cm³/mol. The first-order valence-corrected chi connectivity index (χ1v) is 9.85. The van der Waals surface area contributed by atoms with E-state index >= 15 is 0 Å². The number of benzene rings is 1. The molecule has 1 N–H and O–H groups in total. The average Bonchev–Trinajstić information content (AvgIpc) is 3.40. The molecule has 142 valence electrons. The van der Waals surface area contributed by atoms with Crippen LogP contribution in [0.4, 0.5) is 0 Å². The lowest BCUT2D eigenvalue weighted by Crippen LogP contribution is -2.60. The number of aryl methyl sites for hydroxylation is 1. The van der Waals surface area contributed by atoms with Gasteiger partial charge in [0.1, 0.15) is 5.75 Å². The number of carbonyl (C=O) groups excluding carboxylic acids is 1. The highest BCUT2D eigenvalue weighted by Crippen LogP contribution is 2.38. The fourth-order valence-electron chi connectivity index (χ4n) is 4.29. The summed E-state index contributed by atoms with van der Waals surface area (Å²) in [5, 5.41) is 11.2. The zero-order valence-corrected chi connectivity index (χ0v) is 15.6. The van der Waals surface area contributed by atoms with Crippen LogP contribution in [-0.4, -0.2) is 52.0 Å². The molecule has 1 amide bonds. The quantitative estimate of drug-likeness (QED) is 0.876. The van der Waals surface area contributed by atoms with E-state index in [-0.39, 0.29) is 11.9 Å². The van der Waals surface area contributed by atoms with Gasteiger partial charge in [0.25, 0.3) is 5.91 Å². The number of hydrogen-bond acceptors (Lipinski definition) is 5. The number of amides is 1. The van der Waals surface area contributed by atoms with Gasteiger partial charge in [0.05, 0.1) is 25.4 Å². The number of likely N-dealkylation sites (tertiary alicyclic amines) is 1. The number of nitrogens with zero attached hydrogens (tertiary/aromatic N) is 4. The van der Waals surface area contributed by atoms with Crippen LogP contribution in [0.5, 0.6) is 5.75 Å². The zero-order chi connectivity index (χ0) is 18.4. The van der Waals surface area contributed by atoms with Crippen molar-refractivity contribution in [3.8, 4) is 5.75 Å². The second-order valence-electron chi connectivity index (χ2n) is 7.91. The van der Waals surface area contributed by atoms with Crippen LogP contribution >= 0.6 is 0 Å². The van der Waals surface area contributed by atoms with Gasteiger partial charge < -0.3 is 10.1 Å². The first-order chi connectivity index (χ1) is 13.2. The van der Waals surface area contributed by atoms with Crippen molar-refractivity contribution >= 4 is 5.91 Å². The minimum atomic E-state index is -0.111. The van der Waals surface area contributed by atoms with Crippen molar-refractivity contribution < 1.29 is 9.53 Å². The monoisotopic (exact) mass is 367 g/mol. The first kappa shape index (κ1) is 16.7. The van der Waals surface area contributed by atoms with Gasteiger partial charge >= 0.3 is 0 Å². The summed E-state index contributed by atoms with van der Waals surface area (Å²) in [6.45, 7) is 1.78. The van der Waals surface area contributed by atoms with Crippen LogP contribution in [0.25, 0.3) is 0 Å². The number of ether oxygens (including phenoxy) is 1. The molecule has 1 aromatic carbocycles. The maximum Gasteiger partial charge on any atom is 0.273 e. The third-order valence-electron chi connectivity index (χ3n) is 5.98. The normalized spacial score (nSPS) is 22.8. The maximum atomic E-state index is 12.4. The largest absolute Gasteiger partial charge is 0.497 e. The summed E-state index contributed by atoms with van der Waals surface area (Å²) in [5.74, 6) is 0.822. The van der Waals surface area contributed by atoms with Crippen molar-refractivity contribution in [3.05, 3.63) is 41.2 Å². The van der Waals surface area contributed by atoms with Crippen LogP contribution in [-0.2, 0) is 6.42 Å². The van der Waals surface area contributed by atoms with Crippen molar-refractivity contribution in [1.29, 1.82) is 0 Å². The van der Waals surface area contributed by atoms with E-state index in [1.807, 2.05) is 4.68 Å². The third kappa shape index (κ3) is 3.20. The molecule has 1 saturated heterocycles. The molecule has 0 bridgehead atoms. The average molecular weight is 367 g/mol. The number of methoxy groups -OCH3 is 1. The predicted octanol–water partition coefficient (Wildman–Crippen LogP) is 2.11. The van der Waals surface area contributed by atoms with E-state index in [0.717, 1.165) is 38.1 Å². The molecule has 2 heterocycles. The molecular formula is C20H25N5O2. The van der Waals surface area contributed by atoms with Crippen LogP contribution in [0.15, 0.2) is 24.4 Å². The van der Waals surface area contributed by atoms with E-state index in [2.05, 4.69) is 38.7 Å². The number of aromatic nitrogens is 3. The molecular weight excluding hydrogens is 342 g/mol. The Hall–Kier alpha value is -2.41. The molecule has 1 aliphatic heterocycles. The van der Waals surface area contributed by atoms with Crippen molar-refractivity contribution in [2.45, 2.75) is 50.2 Å². The van der Waals surface area contributed by atoms with Gasteiger partial charge in [0.15, 0.2) is 5.69 Å². The SMILES string of the molecule is COc1ccc2c(c1)CCCC2N1CC(NC(=O)c2cn(C3CC3)nn2)C1. The minimum Gasteiger partial charge on any atom is -0.497 e. The van der Waals surface area contributed by atoms with E-state index in [4.69, 9.17) is 4.74 Å². The Labute approximate surface area is 158 Å². The second kappa shape index (κ2) is 6.64. The van der Waals surface area contributed by atoms with Crippen LogP contribution in [0, 0.1) is 0 Å². The van der Waals surface area contributed by atoms with Gasteiger partial charge in [-0.3, -0.25) is 9.69 Å². The summed E-state index contributed by atoms with van der Waals surface area (Å²) in [7, 11) is 1.72. The molecule has 3 aliphatic rings. The van der Waals surface area contributed by atoms with Gasteiger partial charge in [0, 0.05) is 19.1 Å². The highest BCUT2D eigenvalue weighted by molar-refractivity contribution is 5.92. The molecule has 1 unspecified atom stereocenters. The lowest BCUT2D eigenvalue weighted by atomic mass is 9.85. The standard InChI is InChI=1S/C20H25N5O2/c1-27-16-7-8-17-13(9-16)3-2-4-19(17)24-10-14(11-24)21-20(26)18-12-25(23-22-18)15-5-6-15/h7-9,12,14-15,19H,2-6,10-11H2,1H3,(H,21,26). The zero-order valence-electron chi connectivity index (χ0n) is 15.6. The molecule has 7 heteroatoms. The lowest BCUT2D eigenvalue weighted by Gasteiger charge is -2.46. The molecule has 2 aliphatic carbocycles. The smallest absolute Gasteiger partial charge is 0.273 e.